The zero-order valence-corrected chi connectivity index (χ0v) is 16.3. The Balaban J connectivity index is 1.75. The van der Waals surface area contributed by atoms with Crippen molar-refractivity contribution in [2.75, 3.05) is 40.0 Å². The van der Waals surface area contributed by atoms with E-state index in [-0.39, 0.29) is 16.7 Å². The first-order valence-electron chi connectivity index (χ1n) is 9.03. The Kier molecular flexibility index (Phi) is 6.49. The Morgan fingerprint density at radius 2 is 1.74 bits per heavy atom. The van der Waals surface area contributed by atoms with Crippen molar-refractivity contribution in [3.63, 3.8) is 0 Å². The fraction of sp³-hybridized carbons (Fsp3) is 0.400. The van der Waals surface area contributed by atoms with Crippen molar-refractivity contribution in [2.45, 2.75) is 10.8 Å². The van der Waals surface area contributed by atoms with Gasteiger partial charge in [-0.1, -0.05) is 30.3 Å². The average molecular weight is 391 g/mol. The molecule has 0 amide bonds. The van der Waals surface area contributed by atoms with Gasteiger partial charge in [-0.25, -0.2) is 8.42 Å². The number of hydrogen-bond acceptors (Lipinski definition) is 5. The molecule has 0 aliphatic carbocycles. The van der Waals surface area contributed by atoms with Gasteiger partial charge in [0, 0.05) is 26.1 Å². The maximum Gasteiger partial charge on any atom is 0.243 e. The highest BCUT2D eigenvalue weighted by atomic mass is 32.2. The number of sulfonamides is 1. The van der Waals surface area contributed by atoms with Crippen LogP contribution in [-0.2, 0) is 14.8 Å². The van der Waals surface area contributed by atoms with E-state index in [0.29, 0.717) is 38.6 Å². The van der Waals surface area contributed by atoms with Crippen LogP contribution in [0.25, 0.3) is 0 Å². The largest absolute Gasteiger partial charge is 0.491 e. The first-order chi connectivity index (χ1) is 13.1. The highest BCUT2D eigenvalue weighted by Crippen LogP contribution is 2.35. The van der Waals surface area contributed by atoms with Gasteiger partial charge in [-0.2, -0.15) is 4.31 Å². The van der Waals surface area contributed by atoms with E-state index in [1.807, 2.05) is 30.3 Å². The summed E-state index contributed by atoms with van der Waals surface area (Å²) in [5.74, 6) is 0.843. The van der Waals surface area contributed by atoms with Crippen LogP contribution in [0.2, 0.25) is 0 Å². The highest BCUT2D eigenvalue weighted by molar-refractivity contribution is 7.89. The Labute approximate surface area is 160 Å². The Hall–Kier alpha value is -1.93. The van der Waals surface area contributed by atoms with Gasteiger partial charge in [-0.15, -0.1) is 0 Å². The lowest BCUT2D eigenvalue weighted by molar-refractivity contribution is 0.146. The Morgan fingerprint density at radius 1 is 1.04 bits per heavy atom. The second-order valence-electron chi connectivity index (χ2n) is 6.65. The molecule has 0 spiro atoms. The number of rotatable bonds is 8. The summed E-state index contributed by atoms with van der Waals surface area (Å²) in [6, 6.07) is 16.5. The van der Waals surface area contributed by atoms with E-state index in [1.54, 1.807) is 35.7 Å². The van der Waals surface area contributed by atoms with Gasteiger partial charge in [0.15, 0.2) is 0 Å². The molecular formula is C20H26N2O4S. The van der Waals surface area contributed by atoms with Crippen molar-refractivity contribution in [1.82, 2.24) is 4.31 Å². The zero-order chi connectivity index (χ0) is 19.3. The second-order valence-corrected chi connectivity index (χ2v) is 8.59. The topological polar surface area (TPSA) is 81.9 Å². The average Bonchev–Trinajstić information content (AvgIpc) is 3.15. The fourth-order valence-electron chi connectivity index (χ4n) is 3.44. The minimum Gasteiger partial charge on any atom is -0.491 e. The van der Waals surface area contributed by atoms with Gasteiger partial charge in [-0.3, -0.25) is 0 Å². The SMILES string of the molecule is COCCOc1ccc(S(=O)(=O)N2C[C@@H](CN)[C@H](c3ccccc3)C2)cc1. The molecule has 1 aliphatic rings. The third kappa shape index (κ3) is 4.50. The molecule has 3 rings (SSSR count). The molecule has 0 bridgehead atoms. The molecule has 2 atom stereocenters. The molecule has 1 aliphatic heterocycles. The number of nitrogens with two attached hydrogens (primary N) is 1. The van der Waals surface area contributed by atoms with Crippen LogP contribution in [0.1, 0.15) is 11.5 Å². The van der Waals surface area contributed by atoms with E-state index in [2.05, 4.69) is 0 Å². The van der Waals surface area contributed by atoms with Crippen LogP contribution < -0.4 is 10.5 Å². The molecule has 2 aromatic carbocycles. The third-order valence-corrected chi connectivity index (χ3v) is 6.80. The summed E-state index contributed by atoms with van der Waals surface area (Å²) in [6.45, 7) is 2.24. The van der Waals surface area contributed by atoms with Gasteiger partial charge in [0.2, 0.25) is 10.0 Å². The Morgan fingerprint density at radius 3 is 2.37 bits per heavy atom. The molecule has 0 unspecified atom stereocenters. The van der Waals surface area contributed by atoms with E-state index in [1.165, 1.54) is 0 Å². The fourth-order valence-corrected chi connectivity index (χ4v) is 4.97. The van der Waals surface area contributed by atoms with Gasteiger partial charge in [0.05, 0.1) is 11.5 Å². The molecule has 6 nitrogen and oxygen atoms in total. The van der Waals surface area contributed by atoms with Crippen LogP contribution in [-0.4, -0.2) is 52.7 Å². The first-order valence-corrected chi connectivity index (χ1v) is 10.5. The van der Waals surface area contributed by atoms with Gasteiger partial charge in [-0.05, 0) is 42.3 Å². The van der Waals surface area contributed by atoms with Crippen LogP contribution in [0.4, 0.5) is 0 Å². The number of benzene rings is 2. The maximum atomic E-state index is 13.1. The number of ether oxygens (including phenoxy) is 2. The van der Waals surface area contributed by atoms with Crippen LogP contribution in [0.3, 0.4) is 0 Å². The lowest BCUT2D eigenvalue weighted by Gasteiger charge is -2.17. The van der Waals surface area contributed by atoms with E-state index >= 15 is 0 Å². The molecule has 27 heavy (non-hydrogen) atoms. The summed E-state index contributed by atoms with van der Waals surface area (Å²) in [5.41, 5.74) is 7.07. The quantitative estimate of drug-likeness (QED) is 0.698. The van der Waals surface area contributed by atoms with E-state index in [4.69, 9.17) is 15.2 Å². The number of nitrogens with zero attached hydrogens (tertiary/aromatic N) is 1. The van der Waals surface area contributed by atoms with E-state index in [0.717, 1.165) is 5.56 Å². The first kappa shape index (κ1) is 19.8. The van der Waals surface area contributed by atoms with Gasteiger partial charge in [0.25, 0.3) is 0 Å². The lowest BCUT2D eigenvalue weighted by atomic mass is 9.89. The molecule has 1 heterocycles. The highest BCUT2D eigenvalue weighted by Gasteiger charge is 2.39. The van der Waals surface area contributed by atoms with Crippen molar-refractivity contribution in [2.24, 2.45) is 11.7 Å². The Bertz CT molecular complexity index is 825. The summed E-state index contributed by atoms with van der Waals surface area (Å²) in [4.78, 5) is 0.270. The molecule has 0 saturated carbocycles. The van der Waals surface area contributed by atoms with Gasteiger partial charge >= 0.3 is 0 Å². The summed E-state index contributed by atoms with van der Waals surface area (Å²) in [7, 11) is -1.96. The summed E-state index contributed by atoms with van der Waals surface area (Å²) in [6.07, 6.45) is 0. The van der Waals surface area contributed by atoms with Crippen LogP contribution in [0.5, 0.6) is 5.75 Å². The standard InChI is InChI=1S/C20H26N2O4S/c1-25-11-12-26-18-7-9-19(10-8-18)27(23,24)22-14-17(13-21)20(15-22)16-5-3-2-4-6-16/h2-10,17,20H,11-15,21H2,1H3/t17-,20+/m1/s1. The molecule has 1 fully saturated rings. The molecular weight excluding hydrogens is 364 g/mol. The van der Waals surface area contributed by atoms with Crippen LogP contribution >= 0.6 is 0 Å². The molecule has 2 N–H and O–H groups in total. The molecule has 146 valence electrons. The minimum absolute atomic E-state index is 0.110. The van der Waals surface area contributed by atoms with E-state index < -0.39 is 10.0 Å². The normalized spacial score (nSPS) is 20.7. The number of methoxy groups -OCH3 is 1. The predicted molar refractivity (Wildman–Crippen MR) is 104 cm³/mol. The van der Waals surface area contributed by atoms with Gasteiger partial charge < -0.3 is 15.2 Å². The minimum atomic E-state index is -3.57. The summed E-state index contributed by atoms with van der Waals surface area (Å²) in [5, 5.41) is 0. The maximum absolute atomic E-state index is 13.1. The van der Waals surface area contributed by atoms with Crippen molar-refractivity contribution in [3.8, 4) is 5.75 Å². The zero-order valence-electron chi connectivity index (χ0n) is 15.5. The second kappa shape index (κ2) is 8.84. The van der Waals surface area contributed by atoms with Crippen molar-refractivity contribution < 1.29 is 17.9 Å². The molecule has 0 aromatic heterocycles. The summed E-state index contributed by atoms with van der Waals surface area (Å²) < 4.78 is 38.1. The molecule has 0 radical (unpaired) electrons. The number of hydrogen-bond donors (Lipinski definition) is 1. The van der Waals surface area contributed by atoms with Crippen molar-refractivity contribution >= 4 is 10.0 Å². The van der Waals surface area contributed by atoms with Gasteiger partial charge in [0.1, 0.15) is 12.4 Å². The smallest absolute Gasteiger partial charge is 0.243 e. The molecule has 1 saturated heterocycles. The summed E-state index contributed by atoms with van der Waals surface area (Å²) >= 11 is 0. The molecule has 7 heteroatoms. The predicted octanol–water partition coefficient (Wildman–Crippen LogP) is 2.07. The van der Waals surface area contributed by atoms with Crippen LogP contribution in [0, 0.1) is 5.92 Å². The van der Waals surface area contributed by atoms with Crippen LogP contribution in [0.15, 0.2) is 59.5 Å². The van der Waals surface area contributed by atoms with Crippen molar-refractivity contribution in [1.29, 1.82) is 0 Å². The van der Waals surface area contributed by atoms with E-state index in [9.17, 15) is 8.42 Å². The van der Waals surface area contributed by atoms with Crippen molar-refractivity contribution in [3.05, 3.63) is 60.2 Å². The molecule has 2 aromatic rings. The monoisotopic (exact) mass is 390 g/mol. The lowest BCUT2D eigenvalue weighted by Crippen LogP contribution is -2.30. The third-order valence-electron chi connectivity index (χ3n) is 4.96.